The van der Waals surface area contributed by atoms with Gasteiger partial charge >= 0.3 is 0 Å². The highest BCUT2D eigenvalue weighted by Gasteiger charge is 2.20. The predicted octanol–water partition coefficient (Wildman–Crippen LogP) is 3.41. The number of aromatic nitrogens is 1. The minimum absolute atomic E-state index is 0.172. The molecule has 120 valence electrons. The second-order valence-corrected chi connectivity index (χ2v) is 6.04. The van der Waals surface area contributed by atoms with E-state index in [4.69, 9.17) is 9.15 Å². The summed E-state index contributed by atoms with van der Waals surface area (Å²) in [4.78, 5) is 16.9. The van der Waals surface area contributed by atoms with E-state index >= 15 is 0 Å². The van der Waals surface area contributed by atoms with Crippen molar-refractivity contribution < 1.29 is 18.3 Å². The molecule has 0 atom stereocenters. The first-order valence-corrected chi connectivity index (χ1v) is 7.80. The summed E-state index contributed by atoms with van der Waals surface area (Å²) in [5.41, 5.74) is 0.567. The summed E-state index contributed by atoms with van der Waals surface area (Å²) in [5.74, 6) is 0.470. The molecule has 0 bridgehead atoms. The van der Waals surface area contributed by atoms with Gasteiger partial charge in [-0.1, -0.05) is 6.07 Å². The third-order valence-electron chi connectivity index (χ3n) is 3.35. The quantitative estimate of drug-likeness (QED) is 0.776. The van der Waals surface area contributed by atoms with E-state index < -0.39 is 0 Å². The lowest BCUT2D eigenvalue weighted by molar-refractivity contribution is 0.0947. The summed E-state index contributed by atoms with van der Waals surface area (Å²) < 4.78 is 25.3. The highest BCUT2D eigenvalue weighted by atomic mass is 32.1. The number of methoxy groups -OCH3 is 1. The molecular weight excluding hydrogens is 319 g/mol. The normalized spacial score (nSPS) is 11.1. The van der Waals surface area contributed by atoms with E-state index in [0.29, 0.717) is 27.5 Å². The number of hydrogen-bond acceptors (Lipinski definition) is 5. The van der Waals surface area contributed by atoms with Crippen LogP contribution in [0.4, 0.5) is 4.39 Å². The molecule has 0 fully saturated rings. The Morgan fingerprint density at radius 1 is 1.48 bits per heavy atom. The number of thiophene rings is 1. The molecule has 0 saturated carbocycles. The number of nitrogens with zero attached hydrogens (tertiary/aromatic N) is 1. The maximum absolute atomic E-state index is 14.1. The number of carbonyl (C=O) groups excluding carboxylic acids is 1. The van der Waals surface area contributed by atoms with Gasteiger partial charge in [-0.25, -0.2) is 9.37 Å². The van der Waals surface area contributed by atoms with Crippen molar-refractivity contribution in [2.24, 2.45) is 0 Å². The van der Waals surface area contributed by atoms with Crippen LogP contribution in [-0.4, -0.2) is 18.0 Å². The van der Waals surface area contributed by atoms with E-state index in [-0.39, 0.29) is 24.9 Å². The number of hydrogen-bond donors (Lipinski definition) is 1. The van der Waals surface area contributed by atoms with Gasteiger partial charge in [0.1, 0.15) is 11.6 Å². The van der Waals surface area contributed by atoms with E-state index in [0.717, 1.165) is 4.70 Å². The first-order valence-electron chi connectivity index (χ1n) is 6.98. The van der Waals surface area contributed by atoms with E-state index in [2.05, 4.69) is 10.3 Å². The number of amides is 1. The van der Waals surface area contributed by atoms with Gasteiger partial charge in [-0.3, -0.25) is 4.79 Å². The standard InChI is InChI=1S/C16H15FN2O3S/c1-9-18-6-10(22-9)7-19-16(20)15-11(8-21-2)14-12(17)4-3-5-13(14)23-15/h3-6H,7-8H2,1-2H3,(H,19,20). The van der Waals surface area contributed by atoms with Gasteiger partial charge in [-0.2, -0.15) is 0 Å². The molecule has 1 N–H and O–H groups in total. The van der Waals surface area contributed by atoms with Crippen LogP contribution in [0.15, 0.2) is 28.8 Å². The molecule has 7 heteroatoms. The Labute approximate surface area is 136 Å². The average Bonchev–Trinajstić information content (AvgIpc) is 3.10. The van der Waals surface area contributed by atoms with Crippen molar-refractivity contribution >= 4 is 27.3 Å². The van der Waals surface area contributed by atoms with Crippen molar-refractivity contribution in [3.8, 4) is 0 Å². The summed E-state index contributed by atoms with van der Waals surface area (Å²) in [6.45, 7) is 2.13. The molecule has 3 rings (SSSR count). The molecular formula is C16H15FN2O3S. The number of oxazole rings is 1. The Bertz CT molecular complexity index is 856. The Morgan fingerprint density at radius 2 is 2.30 bits per heavy atom. The molecule has 0 aliphatic carbocycles. The molecule has 1 amide bonds. The van der Waals surface area contributed by atoms with Crippen molar-refractivity contribution in [3.05, 3.63) is 52.3 Å². The monoisotopic (exact) mass is 334 g/mol. The lowest BCUT2D eigenvalue weighted by atomic mass is 10.1. The molecule has 0 aliphatic heterocycles. The van der Waals surface area contributed by atoms with Crippen LogP contribution in [0.5, 0.6) is 0 Å². The summed E-state index contributed by atoms with van der Waals surface area (Å²) in [5, 5.41) is 3.21. The lowest BCUT2D eigenvalue weighted by Gasteiger charge is -2.05. The molecule has 3 aromatic rings. The third kappa shape index (κ3) is 3.11. The van der Waals surface area contributed by atoms with E-state index in [9.17, 15) is 9.18 Å². The first kappa shape index (κ1) is 15.6. The number of carbonyl (C=O) groups is 1. The van der Waals surface area contributed by atoms with Crippen molar-refractivity contribution in [3.63, 3.8) is 0 Å². The van der Waals surface area contributed by atoms with E-state index in [1.807, 2.05) is 0 Å². The van der Waals surface area contributed by atoms with Crippen LogP contribution in [0.25, 0.3) is 10.1 Å². The van der Waals surface area contributed by atoms with Crippen LogP contribution in [0.2, 0.25) is 0 Å². The summed E-state index contributed by atoms with van der Waals surface area (Å²) >= 11 is 1.25. The van der Waals surface area contributed by atoms with E-state index in [1.165, 1.54) is 24.5 Å². The highest BCUT2D eigenvalue weighted by Crippen LogP contribution is 2.33. The number of halogens is 1. The molecule has 0 radical (unpaired) electrons. The molecule has 2 aromatic heterocycles. The Hall–Kier alpha value is -2.25. The van der Waals surface area contributed by atoms with Crippen LogP contribution >= 0.6 is 11.3 Å². The zero-order valence-electron chi connectivity index (χ0n) is 12.7. The fourth-order valence-corrected chi connectivity index (χ4v) is 3.51. The van der Waals surface area contributed by atoms with Crippen molar-refractivity contribution in [2.75, 3.05) is 7.11 Å². The molecule has 0 spiro atoms. The van der Waals surface area contributed by atoms with Crippen LogP contribution in [0, 0.1) is 12.7 Å². The molecule has 2 heterocycles. The van der Waals surface area contributed by atoms with E-state index in [1.54, 1.807) is 25.3 Å². The van der Waals surface area contributed by atoms with Crippen molar-refractivity contribution in [1.29, 1.82) is 0 Å². The maximum Gasteiger partial charge on any atom is 0.262 e. The van der Waals surface area contributed by atoms with Crippen molar-refractivity contribution in [2.45, 2.75) is 20.1 Å². The number of rotatable bonds is 5. The zero-order valence-corrected chi connectivity index (χ0v) is 13.5. The fraction of sp³-hybridized carbons (Fsp3) is 0.250. The Kier molecular flexibility index (Phi) is 4.40. The second kappa shape index (κ2) is 6.47. The van der Waals surface area contributed by atoms with Gasteiger partial charge in [0.15, 0.2) is 5.89 Å². The molecule has 1 aromatic carbocycles. The smallest absolute Gasteiger partial charge is 0.262 e. The highest BCUT2D eigenvalue weighted by molar-refractivity contribution is 7.21. The Balaban J connectivity index is 1.90. The predicted molar refractivity (Wildman–Crippen MR) is 84.9 cm³/mol. The lowest BCUT2D eigenvalue weighted by Crippen LogP contribution is -2.22. The summed E-state index contributed by atoms with van der Waals surface area (Å²) in [7, 11) is 1.52. The molecule has 23 heavy (non-hydrogen) atoms. The molecule has 0 saturated heterocycles. The SMILES string of the molecule is COCc1c(C(=O)NCc2cnc(C)o2)sc2cccc(F)c12. The number of fused-ring (bicyclic) bond motifs is 1. The van der Waals surface area contributed by atoms with Gasteiger partial charge in [0.2, 0.25) is 0 Å². The van der Waals surface area contributed by atoms with Gasteiger partial charge in [-0.05, 0) is 12.1 Å². The van der Waals surface area contributed by atoms with Gasteiger partial charge in [0.25, 0.3) is 5.91 Å². The molecule has 0 aliphatic rings. The topological polar surface area (TPSA) is 64.4 Å². The zero-order chi connectivity index (χ0) is 16.4. The van der Waals surface area contributed by atoms with Crippen LogP contribution in [-0.2, 0) is 17.9 Å². The average molecular weight is 334 g/mol. The van der Waals surface area contributed by atoms with Gasteiger partial charge < -0.3 is 14.5 Å². The van der Waals surface area contributed by atoms with Gasteiger partial charge in [0.05, 0.1) is 24.2 Å². The number of nitrogens with one attached hydrogen (secondary N) is 1. The van der Waals surface area contributed by atoms with Crippen LogP contribution < -0.4 is 5.32 Å². The van der Waals surface area contributed by atoms with Gasteiger partial charge in [0, 0.05) is 29.7 Å². The minimum Gasteiger partial charge on any atom is -0.444 e. The Morgan fingerprint density at radius 3 is 3.00 bits per heavy atom. The molecule has 5 nitrogen and oxygen atoms in total. The minimum atomic E-state index is -0.351. The fourth-order valence-electron chi connectivity index (χ4n) is 2.37. The number of benzene rings is 1. The summed E-state index contributed by atoms with van der Waals surface area (Å²) in [6.07, 6.45) is 1.57. The second-order valence-electron chi connectivity index (χ2n) is 4.98. The van der Waals surface area contributed by atoms with Crippen LogP contribution in [0.3, 0.4) is 0 Å². The van der Waals surface area contributed by atoms with Gasteiger partial charge in [-0.15, -0.1) is 11.3 Å². The largest absolute Gasteiger partial charge is 0.444 e. The maximum atomic E-state index is 14.1. The third-order valence-corrected chi connectivity index (χ3v) is 4.55. The first-order chi connectivity index (χ1) is 11.1. The number of aryl methyl sites for hydroxylation is 1. The van der Waals surface area contributed by atoms with Crippen LogP contribution in [0.1, 0.15) is 26.9 Å². The summed E-state index contributed by atoms with van der Waals surface area (Å²) in [6, 6.07) is 4.80. The molecule has 0 unspecified atom stereocenters. The number of ether oxygens (including phenoxy) is 1. The van der Waals surface area contributed by atoms with Crippen molar-refractivity contribution in [1.82, 2.24) is 10.3 Å².